The van der Waals surface area contributed by atoms with Crippen molar-refractivity contribution < 1.29 is 18.7 Å². The molecule has 178 valence electrons. The summed E-state index contributed by atoms with van der Waals surface area (Å²) >= 11 is 0. The number of aryl methyl sites for hydroxylation is 1. The predicted octanol–water partition coefficient (Wildman–Crippen LogP) is 4.65. The summed E-state index contributed by atoms with van der Waals surface area (Å²) in [6.07, 6.45) is 4.84. The molecule has 5 rings (SSSR count). The molecule has 0 spiro atoms. The highest BCUT2D eigenvalue weighted by Crippen LogP contribution is 2.44. The Hall–Kier alpha value is -4.13. The number of carbonyl (C=O) groups is 1. The summed E-state index contributed by atoms with van der Waals surface area (Å²) in [5.74, 6) is 0.764. The largest absolute Gasteiger partial charge is 0.487 e. The normalized spacial score (nSPS) is 14.1. The standard InChI is InChI=1S/C28H26N2O5/c1-28(2)11-8-20-22(35-28)15-23(33-17-24(31)30-16-18-9-12-29-13-10-18)26-21(14-25(32)34-27(20)26)19-6-4-3-5-7-19/h3-7,9-10,12-15H,8,11,16-17H2,1-2H3,(H,30,31). The van der Waals surface area contributed by atoms with Crippen LogP contribution in [0, 0.1) is 0 Å². The number of nitrogens with one attached hydrogen (secondary N) is 1. The SMILES string of the molecule is CC1(C)CCc2c(cc(OCC(=O)NCc3ccncc3)c3c(-c4ccccc4)cc(=O)oc23)O1. The fraction of sp³-hybridized carbons (Fsp3) is 0.250. The highest BCUT2D eigenvalue weighted by Gasteiger charge is 2.31. The number of pyridine rings is 1. The lowest BCUT2D eigenvalue weighted by Gasteiger charge is -2.33. The molecule has 2 aromatic heterocycles. The third-order valence-corrected chi connectivity index (χ3v) is 6.09. The van der Waals surface area contributed by atoms with Gasteiger partial charge in [-0.25, -0.2) is 4.79 Å². The second-order valence-corrected chi connectivity index (χ2v) is 9.18. The van der Waals surface area contributed by atoms with Gasteiger partial charge in [0.2, 0.25) is 0 Å². The highest BCUT2D eigenvalue weighted by molar-refractivity contribution is 6.00. The Morgan fingerprint density at radius 2 is 1.89 bits per heavy atom. The van der Waals surface area contributed by atoms with Crippen LogP contribution in [0.4, 0.5) is 0 Å². The molecule has 4 aromatic rings. The lowest BCUT2D eigenvalue weighted by Crippen LogP contribution is -2.33. The fourth-order valence-electron chi connectivity index (χ4n) is 4.30. The van der Waals surface area contributed by atoms with E-state index in [-0.39, 0.29) is 18.1 Å². The number of benzene rings is 2. The number of nitrogens with zero attached hydrogens (tertiary/aromatic N) is 1. The van der Waals surface area contributed by atoms with Crippen molar-refractivity contribution in [1.29, 1.82) is 0 Å². The molecule has 0 atom stereocenters. The monoisotopic (exact) mass is 470 g/mol. The predicted molar refractivity (Wildman–Crippen MR) is 133 cm³/mol. The van der Waals surface area contributed by atoms with Gasteiger partial charge in [-0.2, -0.15) is 0 Å². The molecule has 1 N–H and O–H groups in total. The van der Waals surface area contributed by atoms with Gasteiger partial charge in [-0.1, -0.05) is 30.3 Å². The molecule has 2 aromatic carbocycles. The van der Waals surface area contributed by atoms with Crippen LogP contribution < -0.4 is 20.4 Å². The topological polar surface area (TPSA) is 90.7 Å². The summed E-state index contributed by atoms with van der Waals surface area (Å²) in [7, 11) is 0. The van der Waals surface area contributed by atoms with E-state index in [1.165, 1.54) is 6.07 Å². The van der Waals surface area contributed by atoms with Crippen molar-refractivity contribution in [2.45, 2.75) is 38.8 Å². The van der Waals surface area contributed by atoms with Crippen LogP contribution in [-0.4, -0.2) is 23.1 Å². The van der Waals surface area contributed by atoms with Crippen LogP contribution in [0.25, 0.3) is 22.1 Å². The van der Waals surface area contributed by atoms with Crippen LogP contribution in [0.1, 0.15) is 31.4 Å². The molecular weight excluding hydrogens is 444 g/mol. The molecule has 7 nitrogen and oxygen atoms in total. The summed E-state index contributed by atoms with van der Waals surface area (Å²) in [5.41, 5.74) is 2.95. The van der Waals surface area contributed by atoms with E-state index >= 15 is 0 Å². The first-order valence-electron chi connectivity index (χ1n) is 11.6. The maximum Gasteiger partial charge on any atom is 0.336 e. The van der Waals surface area contributed by atoms with E-state index < -0.39 is 5.63 Å². The Balaban J connectivity index is 1.54. The van der Waals surface area contributed by atoms with Gasteiger partial charge in [0.05, 0.1) is 5.39 Å². The quantitative estimate of drug-likeness (QED) is 0.413. The van der Waals surface area contributed by atoms with Crippen molar-refractivity contribution in [3.05, 3.63) is 88.5 Å². The zero-order chi connectivity index (χ0) is 24.4. The van der Waals surface area contributed by atoms with E-state index in [0.717, 1.165) is 23.1 Å². The van der Waals surface area contributed by atoms with Gasteiger partial charge in [-0.15, -0.1) is 0 Å². The molecule has 0 unspecified atom stereocenters. The molecule has 1 amide bonds. The number of ether oxygens (including phenoxy) is 2. The fourth-order valence-corrected chi connectivity index (χ4v) is 4.30. The van der Waals surface area contributed by atoms with Gasteiger partial charge in [0.15, 0.2) is 6.61 Å². The van der Waals surface area contributed by atoms with E-state index in [9.17, 15) is 9.59 Å². The molecular formula is C28H26N2O5. The minimum absolute atomic E-state index is 0.199. The van der Waals surface area contributed by atoms with Crippen LogP contribution in [0.5, 0.6) is 11.5 Å². The molecule has 0 fully saturated rings. The minimum Gasteiger partial charge on any atom is -0.487 e. The molecule has 0 radical (unpaired) electrons. The number of rotatable bonds is 6. The minimum atomic E-state index is -0.448. The molecule has 1 aliphatic heterocycles. The Morgan fingerprint density at radius 3 is 2.66 bits per heavy atom. The van der Waals surface area contributed by atoms with Gasteiger partial charge in [-0.05, 0) is 49.9 Å². The van der Waals surface area contributed by atoms with Crippen LogP contribution in [0.15, 0.2) is 76.2 Å². The van der Waals surface area contributed by atoms with Gasteiger partial charge in [0.1, 0.15) is 22.7 Å². The average molecular weight is 471 g/mol. The zero-order valence-electron chi connectivity index (χ0n) is 19.7. The van der Waals surface area contributed by atoms with Crippen molar-refractivity contribution in [3.8, 4) is 22.6 Å². The number of carbonyl (C=O) groups excluding carboxylic acids is 1. The first-order chi connectivity index (χ1) is 16.9. The Morgan fingerprint density at radius 1 is 1.11 bits per heavy atom. The summed E-state index contributed by atoms with van der Waals surface area (Å²) in [6, 6.07) is 16.5. The summed E-state index contributed by atoms with van der Waals surface area (Å²) in [6.45, 7) is 4.21. The van der Waals surface area contributed by atoms with Crippen LogP contribution in [0.3, 0.4) is 0 Å². The van der Waals surface area contributed by atoms with Gasteiger partial charge in [-0.3, -0.25) is 9.78 Å². The van der Waals surface area contributed by atoms with Crippen LogP contribution >= 0.6 is 0 Å². The number of fused-ring (bicyclic) bond motifs is 3. The van der Waals surface area contributed by atoms with Gasteiger partial charge >= 0.3 is 5.63 Å². The molecule has 0 saturated carbocycles. The van der Waals surface area contributed by atoms with Crippen molar-refractivity contribution in [2.24, 2.45) is 0 Å². The molecule has 1 aliphatic rings. The van der Waals surface area contributed by atoms with Crippen LogP contribution in [0.2, 0.25) is 0 Å². The Kier molecular flexibility index (Phi) is 5.99. The number of aromatic nitrogens is 1. The smallest absolute Gasteiger partial charge is 0.336 e. The van der Waals surface area contributed by atoms with E-state index in [1.54, 1.807) is 18.5 Å². The summed E-state index contributed by atoms with van der Waals surface area (Å²) in [5, 5.41) is 3.50. The van der Waals surface area contributed by atoms with Crippen molar-refractivity contribution >= 4 is 16.9 Å². The maximum atomic E-state index is 12.6. The first kappa shape index (κ1) is 22.7. The van der Waals surface area contributed by atoms with E-state index in [4.69, 9.17) is 13.9 Å². The second kappa shape index (κ2) is 9.25. The maximum absolute atomic E-state index is 12.6. The zero-order valence-corrected chi connectivity index (χ0v) is 19.7. The van der Waals surface area contributed by atoms with Crippen molar-refractivity contribution in [2.75, 3.05) is 6.61 Å². The highest BCUT2D eigenvalue weighted by atomic mass is 16.5. The van der Waals surface area contributed by atoms with Crippen LogP contribution in [-0.2, 0) is 17.8 Å². The lowest BCUT2D eigenvalue weighted by molar-refractivity contribution is -0.123. The lowest BCUT2D eigenvalue weighted by atomic mass is 9.91. The Labute approximate surface area is 202 Å². The van der Waals surface area contributed by atoms with E-state index in [1.807, 2.05) is 56.3 Å². The molecule has 0 bridgehead atoms. The first-order valence-corrected chi connectivity index (χ1v) is 11.6. The number of amides is 1. The third kappa shape index (κ3) is 4.89. The second-order valence-electron chi connectivity index (χ2n) is 9.18. The van der Waals surface area contributed by atoms with Gasteiger partial charge < -0.3 is 19.2 Å². The number of hydrogen-bond acceptors (Lipinski definition) is 6. The van der Waals surface area contributed by atoms with Crippen molar-refractivity contribution in [3.63, 3.8) is 0 Å². The molecule has 7 heteroatoms. The molecule has 3 heterocycles. The Bertz CT molecular complexity index is 1430. The summed E-state index contributed by atoms with van der Waals surface area (Å²) in [4.78, 5) is 29.1. The van der Waals surface area contributed by atoms with E-state index in [2.05, 4.69) is 10.3 Å². The van der Waals surface area contributed by atoms with Crippen molar-refractivity contribution in [1.82, 2.24) is 10.3 Å². The van der Waals surface area contributed by atoms with E-state index in [0.29, 0.717) is 41.0 Å². The van der Waals surface area contributed by atoms with Gasteiger partial charge in [0.25, 0.3) is 5.91 Å². The average Bonchev–Trinajstić information content (AvgIpc) is 2.86. The third-order valence-electron chi connectivity index (χ3n) is 6.09. The molecule has 35 heavy (non-hydrogen) atoms. The summed E-state index contributed by atoms with van der Waals surface area (Å²) < 4.78 is 18.0. The molecule has 0 saturated heterocycles. The van der Waals surface area contributed by atoms with Gasteiger partial charge in [0, 0.05) is 42.2 Å². The molecule has 0 aliphatic carbocycles. The number of hydrogen-bond donors (Lipinski definition) is 1.